The third kappa shape index (κ3) is 2.18. The molecule has 1 aromatic carbocycles. The minimum atomic E-state index is -0.625. The molecule has 0 amide bonds. The SMILES string of the molecule is COc1ccc2c(c1)[C@@H]1C[C@](C)(CO2)Oc2c1c(=O)n(C)c(=O)n2C. The Morgan fingerprint density at radius 1 is 1.24 bits per heavy atom. The van der Waals surface area contributed by atoms with Gasteiger partial charge in [0.15, 0.2) is 0 Å². The lowest BCUT2D eigenvalue weighted by Gasteiger charge is -2.37. The lowest BCUT2D eigenvalue weighted by Crippen LogP contribution is -2.49. The molecule has 0 spiro atoms. The van der Waals surface area contributed by atoms with Crippen molar-refractivity contribution in [2.24, 2.45) is 14.1 Å². The van der Waals surface area contributed by atoms with Crippen LogP contribution in [0.1, 0.15) is 30.4 Å². The molecule has 0 radical (unpaired) electrons. The molecule has 0 fully saturated rings. The summed E-state index contributed by atoms with van der Waals surface area (Å²) < 4.78 is 19.9. The van der Waals surface area contributed by atoms with Crippen molar-refractivity contribution in [1.29, 1.82) is 0 Å². The first-order valence-electron chi connectivity index (χ1n) is 8.14. The Morgan fingerprint density at radius 3 is 2.72 bits per heavy atom. The number of rotatable bonds is 1. The molecule has 132 valence electrons. The summed E-state index contributed by atoms with van der Waals surface area (Å²) in [6.45, 7) is 2.28. The fourth-order valence-electron chi connectivity index (χ4n) is 3.72. The van der Waals surface area contributed by atoms with E-state index in [0.29, 0.717) is 36.0 Å². The predicted molar refractivity (Wildman–Crippen MR) is 90.9 cm³/mol. The van der Waals surface area contributed by atoms with Crippen molar-refractivity contribution in [2.75, 3.05) is 13.7 Å². The molecule has 0 N–H and O–H groups in total. The van der Waals surface area contributed by atoms with Crippen LogP contribution in [0.3, 0.4) is 0 Å². The average molecular weight is 344 g/mol. The first-order chi connectivity index (χ1) is 11.8. The van der Waals surface area contributed by atoms with Crippen molar-refractivity contribution in [3.05, 3.63) is 50.2 Å². The van der Waals surface area contributed by atoms with Crippen molar-refractivity contribution in [1.82, 2.24) is 9.13 Å². The molecular weight excluding hydrogens is 324 g/mol. The van der Waals surface area contributed by atoms with E-state index in [0.717, 1.165) is 10.1 Å². The topological polar surface area (TPSA) is 71.7 Å². The largest absolute Gasteiger partial charge is 0.497 e. The zero-order valence-corrected chi connectivity index (χ0v) is 14.7. The molecule has 2 atom stereocenters. The third-order valence-electron chi connectivity index (χ3n) is 5.10. The maximum absolute atomic E-state index is 12.9. The lowest BCUT2D eigenvalue weighted by atomic mass is 9.81. The number of nitrogens with zero attached hydrogens (tertiary/aromatic N) is 2. The maximum atomic E-state index is 12.9. The second kappa shape index (κ2) is 5.15. The van der Waals surface area contributed by atoms with Crippen molar-refractivity contribution in [3.63, 3.8) is 0 Å². The summed E-state index contributed by atoms with van der Waals surface area (Å²) >= 11 is 0. The van der Waals surface area contributed by atoms with Gasteiger partial charge in [-0.25, -0.2) is 4.79 Å². The van der Waals surface area contributed by atoms with E-state index in [2.05, 4.69) is 0 Å². The molecule has 0 aliphatic carbocycles. The minimum absolute atomic E-state index is 0.230. The molecule has 1 aromatic heterocycles. The zero-order chi connectivity index (χ0) is 17.9. The van der Waals surface area contributed by atoms with Gasteiger partial charge >= 0.3 is 5.69 Å². The van der Waals surface area contributed by atoms with Gasteiger partial charge < -0.3 is 14.2 Å². The third-order valence-corrected chi connectivity index (χ3v) is 5.10. The fourth-order valence-corrected chi connectivity index (χ4v) is 3.72. The Hall–Kier alpha value is -2.70. The average Bonchev–Trinajstić information content (AvgIpc) is 2.72. The van der Waals surface area contributed by atoms with Gasteiger partial charge in [-0.1, -0.05) is 0 Å². The molecule has 4 rings (SSSR count). The summed E-state index contributed by atoms with van der Waals surface area (Å²) in [6, 6.07) is 5.58. The molecular formula is C18H20N2O5. The molecule has 2 aromatic rings. The van der Waals surface area contributed by atoms with Gasteiger partial charge in [-0.15, -0.1) is 0 Å². The highest BCUT2D eigenvalue weighted by molar-refractivity contribution is 5.50. The molecule has 7 nitrogen and oxygen atoms in total. The first-order valence-corrected chi connectivity index (χ1v) is 8.14. The quantitative estimate of drug-likeness (QED) is 0.776. The molecule has 0 saturated heterocycles. The van der Waals surface area contributed by atoms with E-state index in [4.69, 9.17) is 14.2 Å². The Labute approximate surface area is 144 Å². The zero-order valence-electron chi connectivity index (χ0n) is 14.7. The highest BCUT2D eigenvalue weighted by Gasteiger charge is 2.45. The Kier molecular flexibility index (Phi) is 3.25. The van der Waals surface area contributed by atoms with Crippen LogP contribution in [0.25, 0.3) is 0 Å². The van der Waals surface area contributed by atoms with Gasteiger partial charge in [0.2, 0.25) is 5.88 Å². The Bertz CT molecular complexity index is 990. The summed E-state index contributed by atoms with van der Waals surface area (Å²) in [4.78, 5) is 25.2. The van der Waals surface area contributed by atoms with Gasteiger partial charge in [0.1, 0.15) is 23.7 Å². The molecule has 2 bridgehead atoms. The van der Waals surface area contributed by atoms with Crippen LogP contribution in [-0.2, 0) is 14.1 Å². The van der Waals surface area contributed by atoms with E-state index in [1.54, 1.807) is 14.2 Å². The Morgan fingerprint density at radius 2 is 2.00 bits per heavy atom. The van der Waals surface area contributed by atoms with Crippen molar-refractivity contribution in [3.8, 4) is 17.4 Å². The number of hydrogen-bond donors (Lipinski definition) is 0. The van der Waals surface area contributed by atoms with E-state index in [1.807, 2.05) is 25.1 Å². The monoisotopic (exact) mass is 344 g/mol. The molecule has 0 unspecified atom stereocenters. The molecule has 2 aliphatic rings. The van der Waals surface area contributed by atoms with Gasteiger partial charge in [0, 0.05) is 32.0 Å². The summed E-state index contributed by atoms with van der Waals surface area (Å²) in [7, 11) is 4.71. The smallest absolute Gasteiger partial charge is 0.333 e. The molecule has 25 heavy (non-hydrogen) atoms. The number of hydrogen-bond acceptors (Lipinski definition) is 5. The van der Waals surface area contributed by atoms with Gasteiger partial charge in [0.25, 0.3) is 5.56 Å². The second-order valence-electron chi connectivity index (χ2n) is 6.93. The van der Waals surface area contributed by atoms with E-state index in [1.165, 1.54) is 11.6 Å². The normalized spacial score (nSPS) is 23.6. The van der Waals surface area contributed by atoms with Crippen LogP contribution in [0.2, 0.25) is 0 Å². The molecule has 3 heterocycles. The van der Waals surface area contributed by atoms with Gasteiger partial charge in [-0.3, -0.25) is 13.9 Å². The summed E-state index contributed by atoms with van der Waals surface area (Å²) in [5, 5.41) is 0. The van der Waals surface area contributed by atoms with Crippen LogP contribution in [0.4, 0.5) is 0 Å². The van der Waals surface area contributed by atoms with Crippen LogP contribution in [-0.4, -0.2) is 28.5 Å². The first kappa shape index (κ1) is 15.8. The minimum Gasteiger partial charge on any atom is -0.497 e. The van der Waals surface area contributed by atoms with Crippen LogP contribution < -0.4 is 25.5 Å². The van der Waals surface area contributed by atoms with E-state index < -0.39 is 11.3 Å². The van der Waals surface area contributed by atoms with E-state index in [-0.39, 0.29) is 11.5 Å². The lowest BCUT2D eigenvalue weighted by molar-refractivity contribution is 0.0111. The number of ether oxygens (including phenoxy) is 3. The highest BCUT2D eigenvalue weighted by Crippen LogP contribution is 2.47. The van der Waals surface area contributed by atoms with Gasteiger partial charge in [-0.05, 0) is 25.1 Å². The van der Waals surface area contributed by atoms with Crippen molar-refractivity contribution in [2.45, 2.75) is 24.9 Å². The number of benzene rings is 1. The maximum Gasteiger partial charge on any atom is 0.333 e. The van der Waals surface area contributed by atoms with Crippen LogP contribution in [0, 0.1) is 0 Å². The predicted octanol–water partition coefficient (Wildman–Crippen LogP) is 1.16. The number of aromatic nitrogens is 2. The van der Waals surface area contributed by atoms with Crippen LogP contribution in [0.15, 0.2) is 27.8 Å². The van der Waals surface area contributed by atoms with E-state index >= 15 is 0 Å². The number of fused-ring (bicyclic) bond motifs is 6. The molecule has 7 heteroatoms. The Balaban J connectivity index is 2.06. The van der Waals surface area contributed by atoms with Crippen molar-refractivity contribution < 1.29 is 14.2 Å². The highest BCUT2D eigenvalue weighted by atomic mass is 16.6. The summed E-state index contributed by atoms with van der Waals surface area (Å²) in [5.41, 5.74) is 0.00424. The summed E-state index contributed by atoms with van der Waals surface area (Å²) in [6.07, 6.45) is 0.591. The standard InChI is InChI=1S/C18H20N2O5/c1-18-8-12(11-7-10(23-4)5-6-13(11)24-9-18)14-15(21)19(2)17(22)20(3)16(14)25-18/h5-7,12H,8-9H2,1-4H3/t12-,18+/m0/s1. The summed E-state index contributed by atoms with van der Waals surface area (Å²) in [5.74, 6) is 1.50. The number of methoxy groups -OCH3 is 1. The van der Waals surface area contributed by atoms with Crippen LogP contribution >= 0.6 is 0 Å². The molecule has 2 aliphatic heterocycles. The van der Waals surface area contributed by atoms with E-state index in [9.17, 15) is 9.59 Å². The molecule has 0 saturated carbocycles. The van der Waals surface area contributed by atoms with Crippen LogP contribution in [0.5, 0.6) is 17.4 Å². The van der Waals surface area contributed by atoms with Gasteiger partial charge in [-0.2, -0.15) is 0 Å². The fraction of sp³-hybridized carbons (Fsp3) is 0.444. The van der Waals surface area contributed by atoms with Gasteiger partial charge in [0.05, 0.1) is 12.7 Å². The second-order valence-corrected chi connectivity index (χ2v) is 6.93. The van der Waals surface area contributed by atoms with Crippen molar-refractivity contribution >= 4 is 0 Å².